The number of hydrogen-bond acceptors (Lipinski definition) is 2. The molecule has 0 atom stereocenters. The number of aromatic amines is 1. The predicted molar refractivity (Wildman–Crippen MR) is 81.7 cm³/mol. The van der Waals surface area contributed by atoms with Crippen LogP contribution in [0.5, 0.6) is 0 Å². The second-order valence-electron chi connectivity index (χ2n) is 5.34. The Labute approximate surface area is 125 Å². The number of benzene rings is 1. The van der Waals surface area contributed by atoms with Gasteiger partial charge in [0.05, 0.1) is 5.69 Å². The van der Waals surface area contributed by atoms with Crippen molar-refractivity contribution in [3.63, 3.8) is 0 Å². The van der Waals surface area contributed by atoms with E-state index < -0.39 is 0 Å². The maximum Gasteiger partial charge on any atom is 0.265 e. The lowest BCUT2D eigenvalue weighted by Crippen LogP contribution is -2.22. The minimum absolute atomic E-state index is 0.185. The molecule has 0 fully saturated rings. The van der Waals surface area contributed by atoms with Gasteiger partial charge in [-0.25, -0.2) is 4.98 Å². The molecule has 0 radical (unpaired) electrons. The Bertz CT molecular complexity index is 674. The largest absolute Gasteiger partial charge is 0.306 e. The fourth-order valence-electron chi connectivity index (χ4n) is 1.73. The van der Waals surface area contributed by atoms with Gasteiger partial charge >= 0.3 is 0 Å². The molecular weight excluding hydrogens is 328 g/mol. The Morgan fingerprint density at radius 2 is 2.00 bits per heavy atom. The number of H-pyrrole nitrogens is 1. The van der Waals surface area contributed by atoms with Gasteiger partial charge < -0.3 is 4.98 Å². The third-order valence-corrected chi connectivity index (χ3v) is 3.64. The average Bonchev–Trinajstić information content (AvgIpc) is 2.31. The van der Waals surface area contributed by atoms with Crippen LogP contribution < -0.4 is 5.56 Å². The number of nitrogens with zero attached hydrogens (tertiary/aromatic N) is 1. The molecule has 0 aliphatic carbocycles. The highest BCUT2D eigenvalue weighted by Crippen LogP contribution is 2.27. The van der Waals surface area contributed by atoms with E-state index in [0.717, 1.165) is 11.3 Å². The molecule has 1 aromatic heterocycles. The minimum Gasteiger partial charge on any atom is -0.306 e. The molecule has 2 aromatic rings. The Hall–Kier alpha value is -1.13. The lowest BCUT2D eigenvalue weighted by Gasteiger charge is -2.19. The number of hydrogen-bond donors (Lipinski definition) is 1. The summed E-state index contributed by atoms with van der Waals surface area (Å²) in [6, 6.07) is 7.26. The molecule has 3 nitrogen and oxygen atoms in total. The number of nitrogens with one attached hydrogen (secondary N) is 1. The third kappa shape index (κ3) is 3.07. The van der Waals surface area contributed by atoms with Gasteiger partial charge in [-0.3, -0.25) is 4.79 Å². The molecule has 0 spiro atoms. The van der Waals surface area contributed by atoms with Crippen LogP contribution in [0.25, 0.3) is 11.4 Å². The summed E-state index contributed by atoms with van der Waals surface area (Å²) < 4.78 is 0.478. The first kappa shape index (κ1) is 14.3. The van der Waals surface area contributed by atoms with E-state index in [0.29, 0.717) is 15.3 Å². The highest BCUT2D eigenvalue weighted by molar-refractivity contribution is 9.10. The smallest absolute Gasteiger partial charge is 0.265 e. The van der Waals surface area contributed by atoms with Crippen molar-refractivity contribution >= 4 is 27.5 Å². The van der Waals surface area contributed by atoms with E-state index >= 15 is 0 Å². The van der Waals surface area contributed by atoms with Gasteiger partial charge in [-0.15, -0.1) is 0 Å². The number of halogens is 2. The van der Waals surface area contributed by atoms with Gasteiger partial charge in [-0.05, 0) is 28.1 Å². The maximum absolute atomic E-state index is 12.0. The summed E-state index contributed by atoms with van der Waals surface area (Å²) in [4.78, 5) is 19.3. The van der Waals surface area contributed by atoms with Gasteiger partial charge in [0.15, 0.2) is 0 Å². The maximum atomic E-state index is 12.0. The van der Waals surface area contributed by atoms with Crippen LogP contribution >= 0.6 is 27.5 Å². The summed E-state index contributed by atoms with van der Waals surface area (Å²) in [5.74, 6) is 0.528. The third-order valence-electron chi connectivity index (χ3n) is 2.67. The van der Waals surface area contributed by atoms with Crippen LogP contribution in [-0.2, 0) is 5.41 Å². The van der Waals surface area contributed by atoms with Crippen LogP contribution in [0.2, 0.25) is 5.02 Å². The highest BCUT2D eigenvalue weighted by Gasteiger charge is 2.22. The summed E-state index contributed by atoms with van der Waals surface area (Å²) in [6.45, 7) is 6.05. The second-order valence-corrected chi connectivity index (χ2v) is 6.57. The van der Waals surface area contributed by atoms with Crippen LogP contribution in [0.3, 0.4) is 0 Å². The fraction of sp³-hybridized carbons (Fsp3) is 0.286. The standard InChI is InChI=1S/C14H14BrClN2O/c1-14(2,3)11-10(15)13(19)18-12(17-11)8-5-4-6-9(16)7-8/h4-7H,1-3H3,(H,17,18,19). The molecule has 1 N–H and O–H groups in total. The monoisotopic (exact) mass is 340 g/mol. The molecule has 0 saturated carbocycles. The molecule has 0 bridgehead atoms. The Balaban J connectivity index is 2.67. The molecule has 1 heterocycles. The van der Waals surface area contributed by atoms with Crippen LogP contribution in [0.1, 0.15) is 26.5 Å². The lowest BCUT2D eigenvalue weighted by molar-refractivity contribution is 0.562. The van der Waals surface area contributed by atoms with Crippen molar-refractivity contribution in [2.45, 2.75) is 26.2 Å². The zero-order valence-corrected chi connectivity index (χ0v) is 13.3. The molecule has 5 heteroatoms. The van der Waals surface area contributed by atoms with E-state index in [-0.39, 0.29) is 11.0 Å². The van der Waals surface area contributed by atoms with Crippen molar-refractivity contribution in [2.75, 3.05) is 0 Å². The van der Waals surface area contributed by atoms with Crippen LogP contribution in [0, 0.1) is 0 Å². The second kappa shape index (κ2) is 5.10. The Kier molecular flexibility index (Phi) is 3.83. The first-order chi connectivity index (χ1) is 8.79. The molecule has 0 saturated heterocycles. The molecule has 2 rings (SSSR count). The van der Waals surface area contributed by atoms with E-state index in [1.165, 1.54) is 0 Å². The van der Waals surface area contributed by atoms with Crippen molar-refractivity contribution < 1.29 is 0 Å². The molecule has 0 unspecified atom stereocenters. The predicted octanol–water partition coefficient (Wildman–Crippen LogP) is 4.15. The molecule has 1 aromatic carbocycles. The molecular formula is C14H14BrClN2O. The first-order valence-corrected chi connectivity index (χ1v) is 7.02. The first-order valence-electron chi connectivity index (χ1n) is 5.85. The van der Waals surface area contributed by atoms with E-state index in [9.17, 15) is 4.79 Å². The summed E-state index contributed by atoms with van der Waals surface area (Å²) >= 11 is 9.27. The number of aromatic nitrogens is 2. The summed E-state index contributed by atoms with van der Waals surface area (Å²) in [7, 11) is 0. The van der Waals surface area contributed by atoms with E-state index in [1.807, 2.05) is 32.9 Å². The van der Waals surface area contributed by atoms with Crippen LogP contribution in [0.4, 0.5) is 0 Å². The van der Waals surface area contributed by atoms with Crippen molar-refractivity contribution in [1.82, 2.24) is 9.97 Å². The molecule has 0 amide bonds. The molecule has 19 heavy (non-hydrogen) atoms. The Morgan fingerprint density at radius 3 is 2.58 bits per heavy atom. The van der Waals surface area contributed by atoms with Gasteiger partial charge in [0.2, 0.25) is 0 Å². The van der Waals surface area contributed by atoms with E-state index in [1.54, 1.807) is 12.1 Å². The number of rotatable bonds is 1. The molecule has 100 valence electrons. The SMILES string of the molecule is CC(C)(C)c1nc(-c2cccc(Cl)c2)[nH]c(=O)c1Br. The van der Waals surface area contributed by atoms with Crippen molar-refractivity contribution in [3.8, 4) is 11.4 Å². The normalized spacial score (nSPS) is 11.6. The zero-order valence-electron chi connectivity index (χ0n) is 10.9. The van der Waals surface area contributed by atoms with Gasteiger partial charge in [-0.2, -0.15) is 0 Å². The van der Waals surface area contributed by atoms with Gasteiger partial charge in [-0.1, -0.05) is 44.5 Å². The minimum atomic E-state index is -0.222. The Morgan fingerprint density at radius 1 is 1.32 bits per heavy atom. The fourth-order valence-corrected chi connectivity index (χ4v) is 2.70. The summed E-state index contributed by atoms with van der Waals surface area (Å²) in [5, 5.41) is 0.611. The van der Waals surface area contributed by atoms with Crippen LogP contribution in [-0.4, -0.2) is 9.97 Å². The zero-order chi connectivity index (χ0) is 14.2. The quantitative estimate of drug-likeness (QED) is 0.847. The summed E-state index contributed by atoms with van der Waals surface area (Å²) in [5.41, 5.74) is 1.11. The van der Waals surface area contributed by atoms with Crippen LogP contribution in [0.15, 0.2) is 33.5 Å². The summed E-state index contributed by atoms with van der Waals surface area (Å²) in [6.07, 6.45) is 0. The topological polar surface area (TPSA) is 45.8 Å². The van der Waals surface area contributed by atoms with Gasteiger partial charge in [0.25, 0.3) is 5.56 Å². The van der Waals surface area contributed by atoms with Crippen molar-refractivity contribution in [3.05, 3.63) is 49.8 Å². The molecule has 0 aliphatic heterocycles. The molecule has 0 aliphatic rings. The van der Waals surface area contributed by atoms with Crippen molar-refractivity contribution in [2.24, 2.45) is 0 Å². The van der Waals surface area contributed by atoms with Gasteiger partial charge in [0.1, 0.15) is 10.3 Å². The highest BCUT2D eigenvalue weighted by atomic mass is 79.9. The average molecular weight is 342 g/mol. The van der Waals surface area contributed by atoms with E-state index in [2.05, 4.69) is 25.9 Å². The van der Waals surface area contributed by atoms with Gasteiger partial charge in [0, 0.05) is 16.0 Å². The van der Waals surface area contributed by atoms with Crippen molar-refractivity contribution in [1.29, 1.82) is 0 Å². The van der Waals surface area contributed by atoms with E-state index in [4.69, 9.17) is 11.6 Å². The lowest BCUT2D eigenvalue weighted by atomic mass is 9.92.